The van der Waals surface area contributed by atoms with Crippen LogP contribution in [0.5, 0.6) is 0 Å². The van der Waals surface area contributed by atoms with Crippen molar-refractivity contribution in [2.24, 2.45) is 0 Å². The van der Waals surface area contributed by atoms with E-state index in [0.29, 0.717) is 0 Å². The van der Waals surface area contributed by atoms with Gasteiger partial charge in [0.05, 0.1) is 0 Å². The van der Waals surface area contributed by atoms with Gasteiger partial charge < -0.3 is 0 Å². The van der Waals surface area contributed by atoms with E-state index in [0.717, 1.165) is 0 Å². The lowest BCUT2D eigenvalue weighted by molar-refractivity contribution is 1.54. The number of benzene rings is 3. The summed E-state index contributed by atoms with van der Waals surface area (Å²) >= 11 is 7.10. The fourth-order valence-electron chi connectivity index (χ4n) is 2.20. The van der Waals surface area contributed by atoms with E-state index >= 15 is 0 Å². The highest BCUT2D eigenvalue weighted by Gasteiger charge is 2.05. The van der Waals surface area contributed by atoms with Crippen molar-refractivity contribution in [1.82, 2.24) is 0 Å². The molecule has 0 spiro atoms. The van der Waals surface area contributed by atoms with Crippen LogP contribution in [-0.4, -0.2) is 0 Å². The summed E-state index contributed by atoms with van der Waals surface area (Å²) in [5.41, 5.74) is 5.10. The molecule has 0 saturated carbocycles. The van der Waals surface area contributed by atoms with E-state index in [1.54, 1.807) is 0 Å². The van der Waals surface area contributed by atoms with Gasteiger partial charge in [-0.2, -0.15) is 0 Å². The van der Waals surface area contributed by atoms with Gasteiger partial charge in [-0.15, -0.1) is 0 Å². The summed E-state index contributed by atoms with van der Waals surface area (Å²) in [5.74, 6) is 0. The first-order valence-corrected chi connectivity index (χ1v) is 9.68. The predicted molar refractivity (Wildman–Crippen MR) is 115 cm³/mol. The summed E-state index contributed by atoms with van der Waals surface area (Å²) in [6, 6.07) is 24.0. The molecular weight excluding hydrogens is 597 g/mol. The third-order valence-corrected chi connectivity index (χ3v) is 5.63. The Morgan fingerprint density at radius 2 is 0.952 bits per heavy atom. The fraction of sp³-hybridized carbons (Fsp3) is 0. The Balaban J connectivity index is 1.99. The van der Waals surface area contributed by atoms with Gasteiger partial charge in [-0.25, -0.2) is 0 Å². The summed E-state index contributed by atoms with van der Waals surface area (Å²) in [7, 11) is 0. The molecule has 0 N–H and O–H groups in total. The molecule has 0 heterocycles. The van der Waals surface area contributed by atoms with E-state index < -0.39 is 0 Å². The number of rotatable bonds is 2. The van der Waals surface area contributed by atoms with Crippen molar-refractivity contribution in [2.45, 2.75) is 0 Å². The molecule has 0 aromatic heterocycles. The molecular formula is C18H11I3. The highest BCUT2D eigenvalue weighted by molar-refractivity contribution is 14.1. The summed E-state index contributed by atoms with van der Waals surface area (Å²) < 4.78 is 3.81. The zero-order chi connectivity index (χ0) is 14.8. The van der Waals surface area contributed by atoms with Gasteiger partial charge in [0.2, 0.25) is 0 Å². The highest BCUT2D eigenvalue weighted by atomic mass is 127. The minimum atomic E-state index is 1.27. The van der Waals surface area contributed by atoms with Crippen LogP contribution in [0.25, 0.3) is 22.3 Å². The van der Waals surface area contributed by atoms with Gasteiger partial charge in [0.15, 0.2) is 0 Å². The van der Waals surface area contributed by atoms with Gasteiger partial charge in [-0.1, -0.05) is 36.4 Å². The van der Waals surface area contributed by atoms with Crippen molar-refractivity contribution in [3.63, 3.8) is 0 Å². The van der Waals surface area contributed by atoms with E-state index in [1.807, 2.05) is 0 Å². The van der Waals surface area contributed by atoms with E-state index in [-0.39, 0.29) is 0 Å². The molecule has 0 bridgehead atoms. The lowest BCUT2D eigenvalue weighted by atomic mass is 10.0. The quantitative estimate of drug-likeness (QED) is 0.280. The van der Waals surface area contributed by atoms with Crippen molar-refractivity contribution >= 4 is 67.8 Å². The second-order valence-electron chi connectivity index (χ2n) is 4.71. The molecule has 0 aliphatic carbocycles. The zero-order valence-electron chi connectivity index (χ0n) is 11.0. The first-order valence-electron chi connectivity index (χ1n) is 6.45. The van der Waals surface area contributed by atoms with Crippen LogP contribution >= 0.6 is 67.8 Å². The minimum absolute atomic E-state index is 1.27. The molecule has 3 aromatic carbocycles. The molecule has 0 aliphatic rings. The zero-order valence-corrected chi connectivity index (χ0v) is 17.5. The molecule has 0 atom stereocenters. The fourth-order valence-corrected chi connectivity index (χ4v) is 3.75. The van der Waals surface area contributed by atoms with Crippen molar-refractivity contribution < 1.29 is 0 Å². The molecule has 0 radical (unpaired) electrons. The maximum Gasteiger partial charge on any atom is 0.0214 e. The van der Waals surface area contributed by atoms with Crippen LogP contribution in [0.1, 0.15) is 0 Å². The minimum Gasteiger partial charge on any atom is -0.0537 e. The van der Waals surface area contributed by atoms with Crippen molar-refractivity contribution in [3.05, 3.63) is 77.4 Å². The Hall–Kier alpha value is -0.150. The van der Waals surface area contributed by atoms with Crippen LogP contribution in [-0.2, 0) is 0 Å². The topological polar surface area (TPSA) is 0 Å². The molecule has 0 aliphatic heterocycles. The average molecular weight is 608 g/mol. The van der Waals surface area contributed by atoms with Gasteiger partial charge in [0.25, 0.3) is 0 Å². The third kappa shape index (κ3) is 3.79. The number of halogens is 3. The largest absolute Gasteiger partial charge is 0.0537 e. The van der Waals surface area contributed by atoms with Crippen LogP contribution in [0.3, 0.4) is 0 Å². The molecule has 21 heavy (non-hydrogen) atoms. The van der Waals surface area contributed by atoms with Crippen LogP contribution < -0.4 is 0 Å². The molecule has 3 aromatic rings. The van der Waals surface area contributed by atoms with Gasteiger partial charge in [-0.05, 0) is 120 Å². The van der Waals surface area contributed by atoms with Crippen LogP contribution in [0.4, 0.5) is 0 Å². The molecule has 0 amide bonds. The maximum atomic E-state index is 2.43. The molecule has 0 saturated heterocycles. The van der Waals surface area contributed by atoms with Gasteiger partial charge in [-0.3, -0.25) is 0 Å². The Labute approximate surface area is 165 Å². The first-order chi connectivity index (χ1) is 10.1. The van der Waals surface area contributed by atoms with E-state index in [4.69, 9.17) is 0 Å². The lowest BCUT2D eigenvalue weighted by Crippen LogP contribution is -1.86. The SMILES string of the molecule is Ic1ccc(-c2ccc(-c3ccc(I)cc3)c(I)c2)cc1. The molecule has 3 heteroatoms. The van der Waals surface area contributed by atoms with Gasteiger partial charge in [0, 0.05) is 10.7 Å². The standard InChI is InChI=1S/C18H11I3/c19-15-6-1-12(2-7-15)14-5-10-17(18(21)11-14)13-3-8-16(20)9-4-13/h1-11H. The molecule has 3 rings (SSSR count). The second kappa shape index (κ2) is 6.95. The van der Waals surface area contributed by atoms with E-state index in [1.165, 1.54) is 33.0 Å². The van der Waals surface area contributed by atoms with Crippen LogP contribution in [0.2, 0.25) is 0 Å². The average Bonchev–Trinajstić information content (AvgIpc) is 2.49. The molecule has 0 unspecified atom stereocenters. The summed E-state index contributed by atoms with van der Waals surface area (Å²) in [6.07, 6.45) is 0. The third-order valence-electron chi connectivity index (χ3n) is 3.30. The van der Waals surface area contributed by atoms with Crippen molar-refractivity contribution in [1.29, 1.82) is 0 Å². The maximum absolute atomic E-state index is 2.43. The normalized spacial score (nSPS) is 10.6. The summed E-state index contributed by atoms with van der Waals surface area (Å²) in [4.78, 5) is 0. The van der Waals surface area contributed by atoms with E-state index in [9.17, 15) is 0 Å². The number of hydrogen-bond acceptors (Lipinski definition) is 0. The van der Waals surface area contributed by atoms with Crippen LogP contribution in [0.15, 0.2) is 66.7 Å². The highest BCUT2D eigenvalue weighted by Crippen LogP contribution is 2.30. The predicted octanol–water partition coefficient (Wildman–Crippen LogP) is 6.83. The Bertz CT molecular complexity index is 759. The Kier molecular flexibility index (Phi) is 5.21. The van der Waals surface area contributed by atoms with Crippen LogP contribution in [0, 0.1) is 10.7 Å². The second-order valence-corrected chi connectivity index (χ2v) is 8.36. The Morgan fingerprint density at radius 1 is 0.476 bits per heavy atom. The smallest absolute Gasteiger partial charge is 0.0214 e. The monoisotopic (exact) mass is 608 g/mol. The number of hydrogen-bond donors (Lipinski definition) is 0. The van der Waals surface area contributed by atoms with Gasteiger partial charge >= 0.3 is 0 Å². The molecule has 0 nitrogen and oxygen atoms in total. The van der Waals surface area contributed by atoms with Crippen molar-refractivity contribution in [3.8, 4) is 22.3 Å². The van der Waals surface area contributed by atoms with E-state index in [2.05, 4.69) is 135 Å². The van der Waals surface area contributed by atoms with Crippen molar-refractivity contribution in [2.75, 3.05) is 0 Å². The lowest BCUT2D eigenvalue weighted by Gasteiger charge is -2.08. The Morgan fingerprint density at radius 3 is 1.48 bits per heavy atom. The first kappa shape index (κ1) is 15.7. The summed E-state index contributed by atoms with van der Waals surface area (Å²) in [6.45, 7) is 0. The molecule has 104 valence electrons. The van der Waals surface area contributed by atoms with Gasteiger partial charge in [0.1, 0.15) is 0 Å². The molecule has 0 fully saturated rings. The summed E-state index contributed by atoms with van der Waals surface area (Å²) in [5, 5.41) is 0.